The highest BCUT2D eigenvalue weighted by Gasteiger charge is 2.30. The topological polar surface area (TPSA) is 99.0 Å². The molecular weight excluding hydrogens is 362 g/mol. The third kappa shape index (κ3) is 2.60. The van der Waals surface area contributed by atoms with Crippen LogP contribution in [0.3, 0.4) is 0 Å². The molecule has 4 aromatic rings. The zero-order valence-corrected chi connectivity index (χ0v) is 15.4. The van der Waals surface area contributed by atoms with E-state index >= 15 is 0 Å². The molecule has 5 rings (SSSR count). The number of nitrogens with one attached hydrogen (secondary N) is 1. The minimum Gasteiger partial charge on any atom is -0.457 e. The van der Waals surface area contributed by atoms with Gasteiger partial charge in [0.15, 0.2) is 16.7 Å². The number of fused-ring (bicyclic) bond motifs is 2. The van der Waals surface area contributed by atoms with Gasteiger partial charge in [-0.1, -0.05) is 12.1 Å². The number of para-hydroxylation sites is 2. The largest absolute Gasteiger partial charge is 0.457 e. The van der Waals surface area contributed by atoms with Crippen molar-refractivity contribution in [3.05, 3.63) is 52.7 Å². The Bertz CT molecular complexity index is 1170. The summed E-state index contributed by atoms with van der Waals surface area (Å²) in [6.45, 7) is 0.399. The molecule has 4 heterocycles. The van der Waals surface area contributed by atoms with Gasteiger partial charge in [0.1, 0.15) is 5.76 Å². The van der Waals surface area contributed by atoms with Crippen molar-refractivity contribution in [1.82, 2.24) is 19.9 Å². The van der Waals surface area contributed by atoms with Crippen LogP contribution >= 0.6 is 11.3 Å². The molecule has 1 amide bonds. The zero-order chi connectivity index (χ0) is 18.5. The van der Waals surface area contributed by atoms with Crippen LogP contribution in [0.15, 0.2) is 40.8 Å². The van der Waals surface area contributed by atoms with Gasteiger partial charge in [-0.25, -0.2) is 9.97 Å². The molecule has 0 saturated carbocycles. The first kappa shape index (κ1) is 16.1. The van der Waals surface area contributed by atoms with E-state index in [9.17, 15) is 4.79 Å². The van der Waals surface area contributed by atoms with E-state index in [1.807, 2.05) is 48.0 Å². The molecule has 1 atom stereocenters. The number of furan rings is 1. The number of imidazole rings is 1. The van der Waals surface area contributed by atoms with Crippen molar-refractivity contribution in [2.24, 2.45) is 7.05 Å². The summed E-state index contributed by atoms with van der Waals surface area (Å²) in [5, 5.41) is 3.37. The molecule has 1 aliphatic heterocycles. The summed E-state index contributed by atoms with van der Waals surface area (Å²) in [5.41, 5.74) is 8.66. The van der Waals surface area contributed by atoms with E-state index in [2.05, 4.69) is 15.3 Å². The standard InChI is InChI=1S/C19H17N5O2S/c1-24-13-5-3-2-4-11(13)22-18(24)15-7-6-14(26-15)10-8-16(25)21-9-12-17(10)27-19(20)23-12/h2-7,10H,8-9H2,1H3,(H2,20,23)(H,21,25)/t10-/m0/s1. The van der Waals surface area contributed by atoms with Crippen molar-refractivity contribution in [2.75, 3.05) is 5.73 Å². The number of amides is 1. The Hall–Kier alpha value is -3.13. The summed E-state index contributed by atoms with van der Waals surface area (Å²) >= 11 is 1.41. The maximum Gasteiger partial charge on any atom is 0.221 e. The predicted molar refractivity (Wildman–Crippen MR) is 103 cm³/mol. The molecule has 0 bridgehead atoms. The number of aromatic nitrogens is 3. The number of thiazole rings is 1. The fraction of sp³-hybridized carbons (Fsp3) is 0.211. The predicted octanol–water partition coefficient (Wildman–Crippen LogP) is 3.02. The molecule has 1 aliphatic rings. The molecule has 0 radical (unpaired) electrons. The molecular formula is C19H17N5O2S. The molecule has 7 nitrogen and oxygen atoms in total. The Morgan fingerprint density at radius 2 is 2.11 bits per heavy atom. The number of aryl methyl sites for hydroxylation is 1. The van der Waals surface area contributed by atoms with E-state index in [0.29, 0.717) is 23.9 Å². The second-order valence-electron chi connectivity index (χ2n) is 6.58. The third-order valence-corrected chi connectivity index (χ3v) is 5.92. The molecule has 3 aromatic heterocycles. The first-order chi connectivity index (χ1) is 13.1. The number of carbonyl (C=O) groups excluding carboxylic acids is 1. The van der Waals surface area contributed by atoms with Crippen molar-refractivity contribution in [2.45, 2.75) is 18.9 Å². The second-order valence-corrected chi connectivity index (χ2v) is 7.64. The number of hydrogen-bond donors (Lipinski definition) is 2. The Morgan fingerprint density at radius 3 is 2.96 bits per heavy atom. The maximum absolute atomic E-state index is 12.1. The first-order valence-corrected chi connectivity index (χ1v) is 9.45. The summed E-state index contributed by atoms with van der Waals surface area (Å²) < 4.78 is 8.17. The molecule has 27 heavy (non-hydrogen) atoms. The maximum atomic E-state index is 12.1. The fourth-order valence-corrected chi connectivity index (χ4v) is 4.53. The van der Waals surface area contributed by atoms with Crippen LogP contribution in [0, 0.1) is 0 Å². The molecule has 3 N–H and O–H groups in total. The molecule has 0 spiro atoms. The molecule has 0 aliphatic carbocycles. The number of nitrogens with zero attached hydrogens (tertiary/aromatic N) is 3. The van der Waals surface area contributed by atoms with Crippen LogP contribution in [-0.2, 0) is 18.4 Å². The average molecular weight is 379 g/mol. The second kappa shape index (κ2) is 5.95. The van der Waals surface area contributed by atoms with E-state index in [4.69, 9.17) is 10.2 Å². The van der Waals surface area contributed by atoms with Crippen molar-refractivity contribution >= 4 is 33.4 Å². The number of rotatable bonds is 2. The minimum absolute atomic E-state index is 0.0237. The smallest absolute Gasteiger partial charge is 0.221 e. The van der Waals surface area contributed by atoms with Crippen molar-refractivity contribution < 1.29 is 9.21 Å². The van der Waals surface area contributed by atoms with Crippen LogP contribution in [0.2, 0.25) is 0 Å². The highest BCUT2D eigenvalue weighted by Crippen LogP contribution is 2.39. The highest BCUT2D eigenvalue weighted by molar-refractivity contribution is 7.15. The monoisotopic (exact) mass is 379 g/mol. The first-order valence-electron chi connectivity index (χ1n) is 8.63. The van der Waals surface area contributed by atoms with Gasteiger partial charge in [-0.3, -0.25) is 4.79 Å². The lowest BCUT2D eigenvalue weighted by molar-refractivity contribution is -0.121. The van der Waals surface area contributed by atoms with Crippen molar-refractivity contribution in [1.29, 1.82) is 0 Å². The van der Waals surface area contributed by atoms with Crippen LogP contribution in [-0.4, -0.2) is 20.4 Å². The van der Waals surface area contributed by atoms with Crippen LogP contribution in [0.1, 0.15) is 28.7 Å². The highest BCUT2D eigenvalue weighted by atomic mass is 32.1. The van der Waals surface area contributed by atoms with Crippen molar-refractivity contribution in [3.8, 4) is 11.6 Å². The van der Waals surface area contributed by atoms with Gasteiger partial charge >= 0.3 is 0 Å². The lowest BCUT2D eigenvalue weighted by Crippen LogP contribution is -2.21. The molecule has 0 fully saturated rings. The number of nitrogens with two attached hydrogens (primary N) is 1. The summed E-state index contributed by atoms with van der Waals surface area (Å²) in [5.74, 6) is 1.93. The van der Waals surface area contributed by atoms with E-state index in [-0.39, 0.29) is 11.8 Å². The van der Waals surface area contributed by atoms with Gasteiger partial charge in [0.05, 0.1) is 29.2 Å². The van der Waals surface area contributed by atoms with E-state index in [1.165, 1.54) is 11.3 Å². The van der Waals surface area contributed by atoms with Gasteiger partial charge < -0.3 is 20.0 Å². The van der Waals surface area contributed by atoms with E-state index in [0.717, 1.165) is 33.2 Å². The summed E-state index contributed by atoms with van der Waals surface area (Å²) in [6, 6.07) is 11.8. The number of nitrogen functional groups attached to an aromatic ring is 1. The zero-order valence-electron chi connectivity index (χ0n) is 14.6. The fourth-order valence-electron chi connectivity index (χ4n) is 3.57. The summed E-state index contributed by atoms with van der Waals surface area (Å²) in [4.78, 5) is 22.2. The molecule has 0 unspecified atom stereocenters. The van der Waals surface area contributed by atoms with E-state index < -0.39 is 0 Å². The van der Waals surface area contributed by atoms with Gasteiger partial charge in [-0.2, -0.15) is 0 Å². The van der Waals surface area contributed by atoms with Crippen LogP contribution in [0.5, 0.6) is 0 Å². The van der Waals surface area contributed by atoms with Gasteiger partial charge in [-0.15, -0.1) is 11.3 Å². The Morgan fingerprint density at radius 1 is 1.26 bits per heavy atom. The average Bonchev–Trinajstić information content (AvgIpc) is 3.34. The number of carbonyl (C=O) groups is 1. The van der Waals surface area contributed by atoms with Crippen LogP contribution in [0.4, 0.5) is 5.13 Å². The van der Waals surface area contributed by atoms with Gasteiger partial charge in [0.2, 0.25) is 5.91 Å². The molecule has 0 saturated heterocycles. The number of anilines is 1. The summed E-state index contributed by atoms with van der Waals surface area (Å²) in [7, 11) is 1.97. The van der Waals surface area contributed by atoms with E-state index in [1.54, 1.807) is 0 Å². The minimum atomic E-state index is -0.194. The number of hydrogen-bond acceptors (Lipinski definition) is 6. The molecule has 8 heteroatoms. The van der Waals surface area contributed by atoms with Crippen LogP contribution < -0.4 is 11.1 Å². The summed E-state index contributed by atoms with van der Waals surface area (Å²) in [6.07, 6.45) is 0.310. The normalized spacial score (nSPS) is 16.9. The molecule has 136 valence electrons. The Labute approximate surface area is 158 Å². The Kier molecular flexibility index (Phi) is 3.54. The van der Waals surface area contributed by atoms with Gasteiger partial charge in [-0.05, 0) is 24.3 Å². The van der Waals surface area contributed by atoms with Crippen molar-refractivity contribution in [3.63, 3.8) is 0 Å². The Balaban J connectivity index is 1.58. The lowest BCUT2D eigenvalue weighted by Gasteiger charge is -2.09. The van der Waals surface area contributed by atoms with Gasteiger partial charge in [0.25, 0.3) is 0 Å². The number of benzene rings is 1. The molecule has 1 aromatic carbocycles. The van der Waals surface area contributed by atoms with Gasteiger partial charge in [0, 0.05) is 18.3 Å². The third-order valence-electron chi connectivity index (χ3n) is 4.88. The SMILES string of the molecule is Cn1c(-c2ccc([C@@H]3CC(=O)NCc4nc(N)sc43)o2)nc2ccccc21. The lowest BCUT2D eigenvalue weighted by atomic mass is 10.00. The quantitative estimate of drug-likeness (QED) is 0.558. The van der Waals surface area contributed by atoms with Crippen LogP contribution in [0.25, 0.3) is 22.6 Å².